The molecule has 0 aromatic heterocycles. The molecule has 1 aliphatic rings. The Kier molecular flexibility index (Phi) is 4.98. The van der Waals surface area contributed by atoms with E-state index in [1.807, 2.05) is 24.3 Å². The van der Waals surface area contributed by atoms with Gasteiger partial charge in [0, 0.05) is 6.54 Å². The molecule has 0 bridgehead atoms. The summed E-state index contributed by atoms with van der Waals surface area (Å²) in [6, 6.07) is 20.9. The van der Waals surface area contributed by atoms with Crippen molar-refractivity contribution in [2.75, 3.05) is 18.6 Å². The second kappa shape index (κ2) is 7.60. The van der Waals surface area contributed by atoms with Crippen molar-refractivity contribution in [3.05, 3.63) is 78.4 Å². The number of benzene rings is 3. The fraction of sp³-hybridized carbons (Fsp3) is 0.136. The Morgan fingerprint density at radius 3 is 2.00 bits per heavy atom. The van der Waals surface area contributed by atoms with Gasteiger partial charge in [-0.25, -0.2) is 8.42 Å². The van der Waals surface area contributed by atoms with E-state index in [0.717, 1.165) is 11.3 Å². The van der Waals surface area contributed by atoms with Gasteiger partial charge in [-0.3, -0.25) is 4.79 Å². The minimum Gasteiger partial charge on any atom is -0.497 e. The molecule has 0 spiro atoms. The highest BCUT2D eigenvalue weighted by molar-refractivity contribution is 7.92. The van der Waals surface area contributed by atoms with E-state index in [1.165, 1.54) is 0 Å². The zero-order valence-corrected chi connectivity index (χ0v) is 16.6. The normalized spacial score (nSPS) is 13.9. The first-order valence-corrected chi connectivity index (χ1v) is 10.6. The first-order chi connectivity index (χ1) is 14.0. The molecule has 0 fully saturated rings. The molecule has 7 heteroatoms. The maximum atomic E-state index is 13.0. The van der Waals surface area contributed by atoms with E-state index in [1.54, 1.807) is 60.5 Å². The molecule has 0 unspecified atom stereocenters. The molecular weight excluding hydrogens is 388 g/mol. The monoisotopic (exact) mass is 408 g/mol. The quantitative estimate of drug-likeness (QED) is 0.701. The van der Waals surface area contributed by atoms with Gasteiger partial charge in [-0.15, -0.1) is 0 Å². The molecule has 0 atom stereocenters. The summed E-state index contributed by atoms with van der Waals surface area (Å²) in [6.07, 6.45) is 0. The number of carbonyl (C=O) groups excluding carboxylic acids is 1. The van der Waals surface area contributed by atoms with Crippen molar-refractivity contribution in [3.8, 4) is 5.75 Å². The van der Waals surface area contributed by atoms with E-state index in [9.17, 15) is 13.2 Å². The Morgan fingerprint density at radius 2 is 1.45 bits per heavy atom. The molecule has 4 rings (SSSR count). The number of carbonyl (C=O) groups is 1. The number of rotatable bonds is 5. The lowest BCUT2D eigenvalue weighted by Gasteiger charge is -2.32. The van der Waals surface area contributed by atoms with Crippen LogP contribution in [-0.2, 0) is 21.2 Å². The van der Waals surface area contributed by atoms with Gasteiger partial charge in [0.15, 0.2) is 0 Å². The zero-order chi connectivity index (χ0) is 20.4. The van der Waals surface area contributed by atoms with Crippen molar-refractivity contribution in [3.63, 3.8) is 0 Å². The van der Waals surface area contributed by atoms with Crippen LogP contribution in [0, 0.1) is 0 Å². The number of hydrogen-bond acceptors (Lipinski definition) is 5. The molecule has 0 saturated heterocycles. The van der Waals surface area contributed by atoms with Crippen LogP contribution in [-0.4, -0.2) is 28.0 Å². The number of amides is 1. The van der Waals surface area contributed by atoms with Crippen molar-refractivity contribution in [1.82, 2.24) is 5.32 Å². The molecule has 0 aliphatic carbocycles. The highest BCUT2D eigenvalue weighted by Crippen LogP contribution is 2.43. The SMILES string of the molecule is COc1ccc(CNC(=O)CN2c3ccccc3S(=O)(=O)c3ccccc32)cc1. The van der Waals surface area contributed by atoms with Crippen LogP contribution < -0.4 is 15.0 Å². The van der Waals surface area contributed by atoms with Gasteiger partial charge in [-0.2, -0.15) is 0 Å². The third-order valence-corrected chi connectivity index (χ3v) is 6.69. The number of sulfone groups is 1. The molecule has 3 aromatic rings. The highest BCUT2D eigenvalue weighted by Gasteiger charge is 2.34. The van der Waals surface area contributed by atoms with Crippen LogP contribution in [0.2, 0.25) is 0 Å². The van der Waals surface area contributed by atoms with Gasteiger partial charge in [0.1, 0.15) is 12.3 Å². The van der Waals surface area contributed by atoms with Crippen molar-refractivity contribution >= 4 is 27.1 Å². The Labute approximate surface area is 169 Å². The Bertz CT molecular complexity index is 1100. The number of fused-ring (bicyclic) bond motifs is 2. The highest BCUT2D eigenvalue weighted by atomic mass is 32.2. The van der Waals surface area contributed by atoms with Crippen LogP contribution in [0.5, 0.6) is 5.75 Å². The minimum absolute atomic E-state index is 0.0136. The minimum atomic E-state index is -3.62. The molecule has 3 aromatic carbocycles. The zero-order valence-electron chi connectivity index (χ0n) is 15.8. The average molecular weight is 408 g/mol. The van der Waals surface area contributed by atoms with Gasteiger partial charge in [0.05, 0.1) is 28.3 Å². The summed E-state index contributed by atoms with van der Waals surface area (Å²) >= 11 is 0. The number of anilines is 2. The van der Waals surface area contributed by atoms with Gasteiger partial charge in [-0.1, -0.05) is 36.4 Å². The lowest BCUT2D eigenvalue weighted by atomic mass is 10.2. The topological polar surface area (TPSA) is 75.7 Å². The number of nitrogens with zero attached hydrogens (tertiary/aromatic N) is 1. The lowest BCUT2D eigenvalue weighted by Crippen LogP contribution is -2.37. The second-order valence-corrected chi connectivity index (χ2v) is 8.54. The van der Waals surface area contributed by atoms with E-state index < -0.39 is 9.84 Å². The van der Waals surface area contributed by atoms with Crippen molar-refractivity contribution in [2.24, 2.45) is 0 Å². The Balaban J connectivity index is 1.57. The van der Waals surface area contributed by atoms with Gasteiger partial charge in [0.25, 0.3) is 0 Å². The predicted molar refractivity (Wildman–Crippen MR) is 110 cm³/mol. The van der Waals surface area contributed by atoms with Crippen LogP contribution in [0.15, 0.2) is 82.6 Å². The molecule has 1 N–H and O–H groups in total. The molecule has 0 radical (unpaired) electrons. The number of methoxy groups -OCH3 is 1. The molecule has 1 heterocycles. The Hall–Kier alpha value is -3.32. The number of para-hydroxylation sites is 2. The molecule has 0 saturated carbocycles. The summed E-state index contributed by atoms with van der Waals surface area (Å²) in [6.45, 7) is 0.387. The first kappa shape index (κ1) is 19.0. The van der Waals surface area contributed by atoms with Gasteiger partial charge < -0.3 is 15.0 Å². The summed E-state index contributed by atoms with van der Waals surface area (Å²) in [4.78, 5) is 14.8. The van der Waals surface area contributed by atoms with Crippen LogP contribution in [0.3, 0.4) is 0 Å². The second-order valence-electron chi connectivity index (χ2n) is 6.65. The van der Waals surface area contributed by atoms with Gasteiger partial charge >= 0.3 is 0 Å². The molecular formula is C22H20N2O4S. The third-order valence-electron chi connectivity index (χ3n) is 4.84. The fourth-order valence-electron chi connectivity index (χ4n) is 3.38. The predicted octanol–water partition coefficient (Wildman–Crippen LogP) is 3.30. The van der Waals surface area contributed by atoms with Crippen LogP contribution in [0.1, 0.15) is 5.56 Å². The standard InChI is InChI=1S/C22H20N2O4S/c1-28-17-12-10-16(11-13-17)14-23-22(25)15-24-18-6-2-4-8-20(18)29(26,27)21-9-5-3-7-19(21)24/h2-13H,14-15H2,1H3,(H,23,25). The van der Waals surface area contributed by atoms with E-state index in [0.29, 0.717) is 17.9 Å². The summed E-state index contributed by atoms with van der Waals surface area (Å²) in [7, 11) is -2.01. The molecule has 6 nitrogen and oxygen atoms in total. The maximum Gasteiger partial charge on any atom is 0.240 e. The van der Waals surface area contributed by atoms with Crippen molar-refractivity contribution < 1.29 is 17.9 Å². The van der Waals surface area contributed by atoms with E-state index in [2.05, 4.69) is 5.32 Å². The number of hydrogen-bond donors (Lipinski definition) is 1. The average Bonchev–Trinajstić information content (AvgIpc) is 2.76. The summed E-state index contributed by atoms with van der Waals surface area (Å²) < 4.78 is 31.0. The number of ether oxygens (including phenoxy) is 1. The van der Waals surface area contributed by atoms with E-state index in [4.69, 9.17) is 4.74 Å². The smallest absolute Gasteiger partial charge is 0.240 e. The van der Waals surface area contributed by atoms with Gasteiger partial charge in [-0.05, 0) is 42.0 Å². The van der Waals surface area contributed by atoms with Crippen LogP contribution >= 0.6 is 0 Å². The van der Waals surface area contributed by atoms with E-state index in [-0.39, 0.29) is 22.2 Å². The van der Waals surface area contributed by atoms with Gasteiger partial charge in [0.2, 0.25) is 15.7 Å². The van der Waals surface area contributed by atoms with E-state index >= 15 is 0 Å². The fourth-order valence-corrected chi connectivity index (χ4v) is 5.04. The maximum absolute atomic E-state index is 13.0. The molecule has 29 heavy (non-hydrogen) atoms. The first-order valence-electron chi connectivity index (χ1n) is 9.11. The van der Waals surface area contributed by atoms with Crippen LogP contribution in [0.25, 0.3) is 0 Å². The summed E-state index contributed by atoms with van der Waals surface area (Å²) in [5.41, 5.74) is 1.96. The molecule has 1 amide bonds. The molecule has 148 valence electrons. The van der Waals surface area contributed by atoms with Crippen molar-refractivity contribution in [1.29, 1.82) is 0 Å². The third kappa shape index (κ3) is 3.56. The van der Waals surface area contributed by atoms with Crippen LogP contribution in [0.4, 0.5) is 11.4 Å². The summed E-state index contributed by atoms with van der Waals surface area (Å²) in [5, 5.41) is 2.90. The molecule has 1 aliphatic heterocycles. The van der Waals surface area contributed by atoms with Crippen molar-refractivity contribution in [2.45, 2.75) is 16.3 Å². The Morgan fingerprint density at radius 1 is 0.897 bits per heavy atom. The largest absolute Gasteiger partial charge is 0.497 e. The number of nitrogens with one attached hydrogen (secondary N) is 1. The lowest BCUT2D eigenvalue weighted by molar-refractivity contribution is -0.119. The summed E-state index contributed by atoms with van der Waals surface area (Å²) in [5.74, 6) is 0.549.